The van der Waals surface area contributed by atoms with Crippen LogP contribution in [0.15, 0.2) is 22.7 Å². The predicted molar refractivity (Wildman–Crippen MR) is 80.0 cm³/mol. The second-order valence-corrected chi connectivity index (χ2v) is 5.86. The van der Waals surface area contributed by atoms with Gasteiger partial charge in [-0.05, 0) is 43.0 Å². The quantitative estimate of drug-likeness (QED) is 0.828. The topological polar surface area (TPSA) is 21.3 Å². The molecule has 0 aliphatic rings. The summed E-state index contributed by atoms with van der Waals surface area (Å²) in [6.45, 7) is 3.12. The Kier molecular flexibility index (Phi) is 7.00. The third-order valence-electron chi connectivity index (χ3n) is 2.66. The lowest BCUT2D eigenvalue weighted by atomic mass is 10.2. The van der Waals surface area contributed by atoms with E-state index in [1.54, 1.807) is 7.11 Å². The molecule has 1 aromatic rings. The van der Waals surface area contributed by atoms with Crippen LogP contribution in [0.1, 0.15) is 18.9 Å². The molecule has 17 heavy (non-hydrogen) atoms. The summed E-state index contributed by atoms with van der Waals surface area (Å²) in [5.74, 6) is 2.09. The van der Waals surface area contributed by atoms with Gasteiger partial charge in [0.2, 0.25) is 0 Å². The van der Waals surface area contributed by atoms with Crippen LogP contribution in [-0.2, 0) is 6.54 Å². The van der Waals surface area contributed by atoms with Gasteiger partial charge in [-0.15, -0.1) is 0 Å². The molecule has 0 heterocycles. The van der Waals surface area contributed by atoms with Crippen LogP contribution in [0.25, 0.3) is 0 Å². The Morgan fingerprint density at radius 1 is 1.47 bits per heavy atom. The van der Waals surface area contributed by atoms with E-state index in [1.165, 1.54) is 17.7 Å². The third kappa shape index (κ3) is 5.32. The minimum absolute atomic E-state index is 0.552. The van der Waals surface area contributed by atoms with Crippen molar-refractivity contribution in [1.82, 2.24) is 5.32 Å². The summed E-state index contributed by atoms with van der Waals surface area (Å²) >= 11 is 5.46. The molecule has 0 saturated heterocycles. The first-order valence-electron chi connectivity index (χ1n) is 5.72. The van der Waals surface area contributed by atoms with Gasteiger partial charge in [0, 0.05) is 17.1 Å². The lowest BCUT2D eigenvalue weighted by molar-refractivity contribution is 0.414. The molecule has 0 bridgehead atoms. The van der Waals surface area contributed by atoms with Crippen molar-refractivity contribution in [2.75, 3.05) is 19.1 Å². The number of halogens is 1. The maximum absolute atomic E-state index is 5.18. The Morgan fingerprint density at radius 3 is 2.82 bits per heavy atom. The van der Waals surface area contributed by atoms with Crippen molar-refractivity contribution >= 4 is 27.7 Å². The van der Waals surface area contributed by atoms with Gasteiger partial charge in [0.25, 0.3) is 0 Å². The molecule has 1 unspecified atom stereocenters. The van der Waals surface area contributed by atoms with Gasteiger partial charge in [0.05, 0.1) is 7.11 Å². The third-order valence-corrected chi connectivity index (χ3v) is 4.04. The zero-order valence-corrected chi connectivity index (χ0v) is 13.0. The summed E-state index contributed by atoms with van der Waals surface area (Å²) in [5.41, 5.74) is 1.27. The largest absolute Gasteiger partial charge is 0.497 e. The van der Waals surface area contributed by atoms with E-state index in [2.05, 4.69) is 40.5 Å². The highest BCUT2D eigenvalue weighted by Gasteiger charge is 2.04. The lowest BCUT2D eigenvalue weighted by Crippen LogP contribution is -2.26. The predicted octanol–water partition coefficient (Wildman–Crippen LogP) is 3.69. The summed E-state index contributed by atoms with van der Waals surface area (Å²) in [6, 6.07) is 6.64. The second-order valence-electron chi connectivity index (χ2n) is 4.02. The maximum atomic E-state index is 5.18. The summed E-state index contributed by atoms with van der Waals surface area (Å²) in [5, 5.41) is 3.53. The monoisotopic (exact) mass is 317 g/mol. The Labute approximate surface area is 117 Å². The summed E-state index contributed by atoms with van der Waals surface area (Å²) in [6.07, 6.45) is 3.35. The number of hydrogen-bond donors (Lipinski definition) is 1. The van der Waals surface area contributed by atoms with Crippen LogP contribution in [0.3, 0.4) is 0 Å². The van der Waals surface area contributed by atoms with Crippen molar-refractivity contribution in [1.29, 1.82) is 0 Å². The maximum Gasteiger partial charge on any atom is 0.120 e. The van der Waals surface area contributed by atoms with E-state index < -0.39 is 0 Å². The number of nitrogens with one attached hydrogen (secondary N) is 1. The zero-order chi connectivity index (χ0) is 12.7. The molecule has 0 aromatic heterocycles. The number of methoxy groups -OCH3 is 1. The molecule has 1 atom stereocenters. The Morgan fingerprint density at radius 2 is 2.24 bits per heavy atom. The molecule has 0 amide bonds. The molecule has 0 radical (unpaired) electrons. The van der Waals surface area contributed by atoms with Crippen LogP contribution in [0.2, 0.25) is 0 Å². The molecular weight excluding hydrogens is 298 g/mol. The standard InChI is InChI=1S/C13H20BrNOS/c1-10(6-7-17-3)15-9-11-4-5-12(16-2)8-13(11)14/h4-5,8,10,15H,6-7,9H2,1-3H3. The number of hydrogen-bond acceptors (Lipinski definition) is 3. The number of rotatable bonds is 7. The number of thioether (sulfide) groups is 1. The Hall–Kier alpha value is -0.190. The lowest BCUT2D eigenvalue weighted by Gasteiger charge is -2.14. The molecule has 0 fully saturated rings. The Balaban J connectivity index is 2.46. The normalized spacial score (nSPS) is 12.5. The molecule has 1 N–H and O–H groups in total. The zero-order valence-electron chi connectivity index (χ0n) is 10.6. The van der Waals surface area contributed by atoms with E-state index in [1.807, 2.05) is 23.9 Å². The first kappa shape index (κ1) is 14.9. The van der Waals surface area contributed by atoms with Crippen molar-refractivity contribution in [3.05, 3.63) is 28.2 Å². The molecule has 96 valence electrons. The number of benzene rings is 1. The minimum Gasteiger partial charge on any atom is -0.497 e. The van der Waals surface area contributed by atoms with Crippen molar-refractivity contribution in [2.24, 2.45) is 0 Å². The summed E-state index contributed by atoms with van der Waals surface area (Å²) in [7, 11) is 1.68. The van der Waals surface area contributed by atoms with Crippen LogP contribution >= 0.6 is 27.7 Å². The molecule has 4 heteroatoms. The highest BCUT2D eigenvalue weighted by atomic mass is 79.9. The van der Waals surface area contributed by atoms with Crippen LogP contribution in [0.5, 0.6) is 5.75 Å². The van der Waals surface area contributed by atoms with Gasteiger partial charge < -0.3 is 10.1 Å². The fourth-order valence-electron chi connectivity index (χ4n) is 1.48. The van der Waals surface area contributed by atoms with Gasteiger partial charge >= 0.3 is 0 Å². The molecular formula is C13H20BrNOS. The average Bonchev–Trinajstić information content (AvgIpc) is 2.34. The second kappa shape index (κ2) is 8.01. The van der Waals surface area contributed by atoms with E-state index in [-0.39, 0.29) is 0 Å². The SMILES string of the molecule is COc1ccc(CNC(C)CCSC)c(Br)c1. The van der Waals surface area contributed by atoms with Crippen LogP contribution in [-0.4, -0.2) is 25.2 Å². The van der Waals surface area contributed by atoms with Gasteiger partial charge in [-0.2, -0.15) is 11.8 Å². The molecule has 0 aliphatic carbocycles. The highest BCUT2D eigenvalue weighted by molar-refractivity contribution is 9.10. The van der Waals surface area contributed by atoms with E-state index in [4.69, 9.17) is 4.74 Å². The summed E-state index contributed by atoms with van der Waals surface area (Å²) < 4.78 is 6.27. The molecule has 1 aromatic carbocycles. The van der Waals surface area contributed by atoms with Crippen LogP contribution in [0.4, 0.5) is 0 Å². The molecule has 0 spiro atoms. The highest BCUT2D eigenvalue weighted by Crippen LogP contribution is 2.22. The minimum atomic E-state index is 0.552. The van der Waals surface area contributed by atoms with Crippen molar-refractivity contribution in [3.63, 3.8) is 0 Å². The molecule has 2 nitrogen and oxygen atoms in total. The Bertz CT molecular complexity index is 346. The number of ether oxygens (including phenoxy) is 1. The van der Waals surface area contributed by atoms with E-state index in [9.17, 15) is 0 Å². The van der Waals surface area contributed by atoms with Crippen molar-refractivity contribution < 1.29 is 4.74 Å². The first-order valence-corrected chi connectivity index (χ1v) is 7.90. The van der Waals surface area contributed by atoms with Crippen LogP contribution in [0, 0.1) is 0 Å². The molecule has 0 saturated carbocycles. The van der Waals surface area contributed by atoms with Gasteiger partial charge in [0.15, 0.2) is 0 Å². The van der Waals surface area contributed by atoms with Gasteiger partial charge in [-0.1, -0.05) is 22.0 Å². The molecule has 0 aliphatic heterocycles. The van der Waals surface area contributed by atoms with Gasteiger partial charge in [0.1, 0.15) is 5.75 Å². The van der Waals surface area contributed by atoms with Crippen molar-refractivity contribution in [3.8, 4) is 5.75 Å². The van der Waals surface area contributed by atoms with E-state index in [0.717, 1.165) is 16.8 Å². The van der Waals surface area contributed by atoms with E-state index in [0.29, 0.717) is 6.04 Å². The van der Waals surface area contributed by atoms with Gasteiger partial charge in [-0.25, -0.2) is 0 Å². The van der Waals surface area contributed by atoms with Gasteiger partial charge in [-0.3, -0.25) is 0 Å². The summed E-state index contributed by atoms with van der Waals surface area (Å²) in [4.78, 5) is 0. The van der Waals surface area contributed by atoms with Crippen LogP contribution < -0.4 is 10.1 Å². The fraction of sp³-hybridized carbons (Fsp3) is 0.538. The average molecular weight is 318 g/mol. The fourth-order valence-corrected chi connectivity index (χ4v) is 2.57. The van der Waals surface area contributed by atoms with Crippen molar-refractivity contribution in [2.45, 2.75) is 25.9 Å². The molecule has 1 rings (SSSR count). The first-order chi connectivity index (χ1) is 8.17. The van der Waals surface area contributed by atoms with E-state index >= 15 is 0 Å². The smallest absolute Gasteiger partial charge is 0.120 e.